The first-order valence-corrected chi connectivity index (χ1v) is 9.28. The van der Waals surface area contributed by atoms with Gasteiger partial charge in [0.25, 0.3) is 0 Å². The number of rotatable bonds is 6. The summed E-state index contributed by atoms with van der Waals surface area (Å²) in [5.74, 6) is 6.81. The molecule has 0 fully saturated rings. The highest BCUT2D eigenvalue weighted by atomic mass is 32.2. The van der Waals surface area contributed by atoms with Gasteiger partial charge in [0.05, 0.1) is 11.8 Å². The predicted molar refractivity (Wildman–Crippen MR) is 104 cm³/mol. The Balaban J connectivity index is 1.60. The van der Waals surface area contributed by atoms with Crippen molar-refractivity contribution in [3.8, 4) is 11.4 Å². The van der Waals surface area contributed by atoms with E-state index in [4.69, 9.17) is 5.84 Å². The molecule has 0 aliphatic heterocycles. The number of carbonyl (C=O) groups is 1. The van der Waals surface area contributed by atoms with Gasteiger partial charge in [0.1, 0.15) is 0 Å². The maximum atomic E-state index is 12.2. The van der Waals surface area contributed by atoms with Crippen LogP contribution in [0.2, 0.25) is 0 Å². The van der Waals surface area contributed by atoms with E-state index in [1.54, 1.807) is 0 Å². The Labute approximate surface area is 156 Å². The number of benzene rings is 2. The van der Waals surface area contributed by atoms with E-state index >= 15 is 0 Å². The van der Waals surface area contributed by atoms with Crippen LogP contribution in [-0.2, 0) is 4.79 Å². The third-order valence-corrected chi connectivity index (χ3v) is 4.93. The van der Waals surface area contributed by atoms with Gasteiger partial charge >= 0.3 is 0 Å². The van der Waals surface area contributed by atoms with E-state index in [1.807, 2.05) is 68.4 Å². The molecule has 1 unspecified atom stereocenters. The molecule has 3 aromatic rings. The van der Waals surface area contributed by atoms with Crippen molar-refractivity contribution in [3.05, 3.63) is 65.7 Å². The van der Waals surface area contributed by atoms with E-state index in [1.165, 1.54) is 16.4 Å². The van der Waals surface area contributed by atoms with E-state index in [2.05, 4.69) is 15.5 Å². The molecule has 26 heavy (non-hydrogen) atoms. The van der Waals surface area contributed by atoms with Gasteiger partial charge in [0.2, 0.25) is 11.1 Å². The smallest absolute Gasteiger partial charge is 0.230 e. The highest BCUT2D eigenvalue weighted by Gasteiger charge is 2.15. The van der Waals surface area contributed by atoms with Crippen molar-refractivity contribution in [3.63, 3.8) is 0 Å². The van der Waals surface area contributed by atoms with Crippen molar-refractivity contribution in [1.29, 1.82) is 0 Å². The number of amides is 1. The lowest BCUT2D eigenvalue weighted by atomic mass is 10.1. The zero-order chi connectivity index (χ0) is 18.5. The number of aryl methyl sites for hydroxylation is 1. The molecule has 1 heterocycles. The van der Waals surface area contributed by atoms with Gasteiger partial charge in [-0.25, -0.2) is 4.68 Å². The average molecular weight is 367 g/mol. The molecule has 0 saturated heterocycles. The summed E-state index contributed by atoms with van der Waals surface area (Å²) in [6.07, 6.45) is 0. The Morgan fingerprint density at radius 1 is 1.15 bits per heavy atom. The number of nitrogens with zero attached hydrogens (tertiary/aromatic N) is 3. The number of nitrogens with two attached hydrogens (primary N) is 1. The second kappa shape index (κ2) is 8.05. The highest BCUT2D eigenvalue weighted by molar-refractivity contribution is 7.99. The van der Waals surface area contributed by atoms with Gasteiger partial charge in [0.15, 0.2) is 5.82 Å². The maximum absolute atomic E-state index is 12.2. The van der Waals surface area contributed by atoms with Crippen LogP contribution in [0, 0.1) is 6.92 Å². The molecule has 2 aromatic carbocycles. The van der Waals surface area contributed by atoms with E-state index in [0.29, 0.717) is 11.0 Å². The molecule has 6 nitrogen and oxygen atoms in total. The Bertz CT molecular complexity index is 877. The molecule has 7 heteroatoms. The second-order valence-corrected chi connectivity index (χ2v) is 6.97. The highest BCUT2D eigenvalue weighted by Crippen LogP contribution is 2.22. The molecule has 0 aliphatic carbocycles. The number of aromatic nitrogens is 3. The van der Waals surface area contributed by atoms with Crippen LogP contribution in [0.15, 0.2) is 59.8 Å². The SMILES string of the molecule is Cc1ccc(-c2nnc(SCC(=O)NC(C)c3ccccc3)n2N)cc1. The summed E-state index contributed by atoms with van der Waals surface area (Å²) in [5, 5.41) is 11.7. The monoisotopic (exact) mass is 367 g/mol. The molecule has 1 aromatic heterocycles. The quantitative estimate of drug-likeness (QED) is 0.517. The van der Waals surface area contributed by atoms with Gasteiger partial charge in [-0.1, -0.05) is 71.9 Å². The van der Waals surface area contributed by atoms with Crippen molar-refractivity contribution in [1.82, 2.24) is 20.2 Å². The van der Waals surface area contributed by atoms with Crippen molar-refractivity contribution >= 4 is 17.7 Å². The number of hydrogen-bond donors (Lipinski definition) is 2. The van der Waals surface area contributed by atoms with Crippen molar-refractivity contribution in [2.75, 3.05) is 11.6 Å². The van der Waals surface area contributed by atoms with Gasteiger partial charge in [-0.05, 0) is 19.4 Å². The molecule has 0 spiro atoms. The van der Waals surface area contributed by atoms with E-state index in [9.17, 15) is 4.79 Å². The topological polar surface area (TPSA) is 85.8 Å². The lowest BCUT2D eigenvalue weighted by Crippen LogP contribution is -2.28. The van der Waals surface area contributed by atoms with Gasteiger partial charge in [-0.3, -0.25) is 4.79 Å². The number of hydrogen-bond acceptors (Lipinski definition) is 5. The number of nitrogen functional groups attached to an aromatic ring is 1. The minimum atomic E-state index is -0.0776. The van der Waals surface area contributed by atoms with Crippen LogP contribution < -0.4 is 11.2 Å². The van der Waals surface area contributed by atoms with E-state index < -0.39 is 0 Å². The van der Waals surface area contributed by atoms with Crippen LogP contribution in [0.4, 0.5) is 0 Å². The third-order valence-electron chi connectivity index (χ3n) is 3.98. The largest absolute Gasteiger partial charge is 0.349 e. The summed E-state index contributed by atoms with van der Waals surface area (Å²) in [4.78, 5) is 12.2. The minimum absolute atomic E-state index is 0.0526. The van der Waals surface area contributed by atoms with Crippen molar-refractivity contribution < 1.29 is 4.79 Å². The summed E-state index contributed by atoms with van der Waals surface area (Å²) in [6, 6.07) is 17.7. The molecule has 134 valence electrons. The fraction of sp³-hybridized carbons (Fsp3) is 0.211. The molecule has 0 bridgehead atoms. The first-order chi connectivity index (χ1) is 12.5. The molecule has 3 rings (SSSR count). The van der Waals surface area contributed by atoms with Crippen LogP contribution >= 0.6 is 11.8 Å². The molecule has 0 radical (unpaired) electrons. The Hall–Kier alpha value is -2.80. The van der Waals surface area contributed by atoms with Crippen LogP contribution in [-0.4, -0.2) is 26.5 Å². The lowest BCUT2D eigenvalue weighted by Gasteiger charge is -2.13. The Morgan fingerprint density at radius 2 is 1.85 bits per heavy atom. The molecule has 0 aliphatic rings. The van der Waals surface area contributed by atoms with Crippen LogP contribution in [0.1, 0.15) is 24.1 Å². The van der Waals surface area contributed by atoms with Gasteiger partial charge < -0.3 is 11.2 Å². The zero-order valence-electron chi connectivity index (χ0n) is 14.7. The molecule has 0 saturated carbocycles. The lowest BCUT2D eigenvalue weighted by molar-refractivity contribution is -0.119. The second-order valence-electron chi connectivity index (χ2n) is 6.03. The number of carbonyl (C=O) groups excluding carboxylic acids is 1. The normalized spacial score (nSPS) is 11.9. The molecule has 1 amide bonds. The van der Waals surface area contributed by atoms with Gasteiger partial charge in [0, 0.05) is 5.56 Å². The third kappa shape index (κ3) is 4.23. The van der Waals surface area contributed by atoms with Crippen LogP contribution in [0.25, 0.3) is 11.4 Å². The molecule has 1 atom stereocenters. The van der Waals surface area contributed by atoms with Crippen molar-refractivity contribution in [2.24, 2.45) is 0 Å². The fourth-order valence-electron chi connectivity index (χ4n) is 2.51. The van der Waals surface area contributed by atoms with Crippen LogP contribution in [0.3, 0.4) is 0 Å². The molecular formula is C19H21N5OS. The predicted octanol–water partition coefficient (Wildman–Crippen LogP) is 2.94. The van der Waals surface area contributed by atoms with Gasteiger partial charge in [-0.15, -0.1) is 10.2 Å². The van der Waals surface area contributed by atoms with Gasteiger partial charge in [-0.2, -0.15) is 0 Å². The first-order valence-electron chi connectivity index (χ1n) is 8.29. The number of thioether (sulfide) groups is 1. The Kier molecular flexibility index (Phi) is 5.58. The van der Waals surface area contributed by atoms with Crippen LogP contribution in [0.5, 0.6) is 0 Å². The summed E-state index contributed by atoms with van der Waals surface area (Å²) in [6.45, 7) is 3.98. The fourth-order valence-corrected chi connectivity index (χ4v) is 3.18. The number of nitrogens with one attached hydrogen (secondary N) is 1. The summed E-state index contributed by atoms with van der Waals surface area (Å²) in [7, 11) is 0. The minimum Gasteiger partial charge on any atom is -0.349 e. The van der Waals surface area contributed by atoms with Crippen molar-refractivity contribution in [2.45, 2.75) is 25.0 Å². The van der Waals surface area contributed by atoms with E-state index in [0.717, 1.165) is 16.7 Å². The maximum Gasteiger partial charge on any atom is 0.230 e. The van der Waals surface area contributed by atoms with E-state index in [-0.39, 0.29) is 17.7 Å². The summed E-state index contributed by atoms with van der Waals surface area (Å²) >= 11 is 1.26. The Morgan fingerprint density at radius 3 is 2.54 bits per heavy atom. The summed E-state index contributed by atoms with van der Waals surface area (Å²) < 4.78 is 1.42. The molecule has 3 N–H and O–H groups in total. The summed E-state index contributed by atoms with van der Waals surface area (Å²) in [5.41, 5.74) is 3.12. The standard InChI is InChI=1S/C19H21N5OS/c1-13-8-10-16(11-9-13)18-22-23-19(24(18)20)26-12-17(25)21-14(2)15-6-4-3-5-7-15/h3-11,14H,12,20H2,1-2H3,(H,21,25). The zero-order valence-corrected chi connectivity index (χ0v) is 15.5. The average Bonchev–Trinajstić information content (AvgIpc) is 3.02. The first kappa shape index (κ1) is 18.0. The molecular weight excluding hydrogens is 346 g/mol.